The molecule has 0 radical (unpaired) electrons. The maximum absolute atomic E-state index is 15.7. The van der Waals surface area contributed by atoms with E-state index < -0.39 is 56.5 Å². The largest absolute Gasteiger partial charge is 0.392 e. The van der Waals surface area contributed by atoms with Crippen molar-refractivity contribution in [2.75, 3.05) is 10.5 Å². The maximum atomic E-state index is 15.7. The fourth-order valence-electron chi connectivity index (χ4n) is 4.57. The van der Waals surface area contributed by atoms with Gasteiger partial charge >= 0.3 is 0 Å². The van der Waals surface area contributed by atoms with Gasteiger partial charge in [-0.2, -0.15) is 0 Å². The number of ketones is 1. The van der Waals surface area contributed by atoms with Crippen LogP contribution < -0.4 is 4.72 Å². The van der Waals surface area contributed by atoms with Gasteiger partial charge in [-0.1, -0.05) is 53.0 Å². The van der Waals surface area contributed by atoms with E-state index in [-0.39, 0.29) is 32.2 Å². The topological polar surface area (TPSA) is 118 Å². The van der Waals surface area contributed by atoms with Crippen LogP contribution in [-0.2, 0) is 10.0 Å². The Morgan fingerprint density at radius 2 is 1.64 bits per heavy atom. The van der Waals surface area contributed by atoms with E-state index in [2.05, 4.69) is 4.98 Å². The van der Waals surface area contributed by atoms with Crippen LogP contribution in [0.1, 0.15) is 33.2 Å². The van der Waals surface area contributed by atoms with Crippen LogP contribution in [0.15, 0.2) is 73.1 Å². The highest BCUT2D eigenvalue weighted by atomic mass is 35.5. The van der Waals surface area contributed by atoms with Gasteiger partial charge < -0.3 is 5.11 Å². The lowest BCUT2D eigenvalue weighted by Gasteiger charge is -2.12. The molecule has 0 saturated heterocycles. The molecule has 0 aliphatic heterocycles. The minimum atomic E-state index is -4.26. The first-order valence-electron chi connectivity index (χ1n) is 12.7. The van der Waals surface area contributed by atoms with Gasteiger partial charge in [-0.05, 0) is 55.0 Å². The molecule has 14 heteroatoms. The summed E-state index contributed by atoms with van der Waals surface area (Å²) in [5.74, 6) is -5.51. The van der Waals surface area contributed by atoms with E-state index in [1.807, 2.05) is 4.72 Å². The number of rotatable bonds is 8. The summed E-state index contributed by atoms with van der Waals surface area (Å²) in [5.41, 5.74) is -1.11. The van der Waals surface area contributed by atoms with E-state index in [4.69, 9.17) is 34.8 Å². The van der Waals surface area contributed by atoms with Crippen molar-refractivity contribution in [3.8, 4) is 11.1 Å². The summed E-state index contributed by atoms with van der Waals surface area (Å²) < 4.78 is 58.4. The average molecular weight is 679 g/mol. The van der Waals surface area contributed by atoms with Crippen molar-refractivity contribution in [2.45, 2.75) is 13.0 Å². The fraction of sp³-hybridized carbons (Fsp3) is 0.100. The van der Waals surface area contributed by atoms with E-state index >= 15 is 8.78 Å². The summed E-state index contributed by atoms with van der Waals surface area (Å²) in [4.78, 5) is 31.9. The molecule has 0 spiro atoms. The molecule has 226 valence electrons. The SMILES string of the molecule is CC(O)CS(=O)(=O)Nc1ccc(F)c(C(=O)c2cn(C(=O)c3c(Cl)cccc3Cl)c3ncc(-c4ccc(Cl)cc4)cc23)c1F. The molecule has 5 aromatic rings. The molecule has 0 amide bonds. The number of aliphatic hydroxyl groups is 1. The molecule has 0 fully saturated rings. The number of hydrogen-bond donors (Lipinski definition) is 2. The van der Waals surface area contributed by atoms with Crippen LogP contribution in [0.4, 0.5) is 14.5 Å². The lowest BCUT2D eigenvalue weighted by molar-refractivity contribution is 0.0964. The number of nitrogens with zero attached hydrogens (tertiary/aromatic N) is 2. The molecular formula is C30H20Cl3F2N3O5S. The van der Waals surface area contributed by atoms with E-state index in [9.17, 15) is 23.1 Å². The van der Waals surface area contributed by atoms with Gasteiger partial charge in [0, 0.05) is 28.4 Å². The zero-order chi connectivity index (χ0) is 31.9. The summed E-state index contributed by atoms with van der Waals surface area (Å²) in [5, 5.41) is 10.0. The highest BCUT2D eigenvalue weighted by Gasteiger charge is 2.29. The Kier molecular flexibility index (Phi) is 8.79. The van der Waals surface area contributed by atoms with Gasteiger partial charge in [0.25, 0.3) is 5.91 Å². The standard InChI is InChI=1S/C30H20Cl3F2N3O5S/c1-15(39)14-44(42,43)37-24-10-9-23(34)26(27(24)35)28(40)20-13-38(30(41)25-21(32)3-2-4-22(25)33)29-19(20)11-17(12-36-29)16-5-7-18(31)8-6-16/h2-13,15,37,39H,14H2,1H3. The molecule has 0 aliphatic carbocycles. The van der Waals surface area contributed by atoms with Crippen LogP contribution in [0.3, 0.4) is 0 Å². The van der Waals surface area contributed by atoms with Crippen molar-refractivity contribution in [2.24, 2.45) is 0 Å². The summed E-state index contributed by atoms with van der Waals surface area (Å²) in [6.07, 6.45) is 1.22. The summed E-state index contributed by atoms with van der Waals surface area (Å²) >= 11 is 18.5. The van der Waals surface area contributed by atoms with Crippen molar-refractivity contribution in [1.82, 2.24) is 9.55 Å². The number of anilines is 1. The minimum absolute atomic E-state index is 0.0179. The zero-order valence-corrected chi connectivity index (χ0v) is 25.6. The summed E-state index contributed by atoms with van der Waals surface area (Å²) in [6.45, 7) is 1.22. The van der Waals surface area contributed by atoms with Crippen LogP contribution in [0.25, 0.3) is 22.2 Å². The van der Waals surface area contributed by atoms with Crippen molar-refractivity contribution in [3.05, 3.63) is 116 Å². The van der Waals surface area contributed by atoms with Crippen molar-refractivity contribution in [3.63, 3.8) is 0 Å². The lowest BCUT2D eigenvalue weighted by atomic mass is 10.00. The van der Waals surface area contributed by atoms with E-state index in [0.717, 1.165) is 22.9 Å². The predicted molar refractivity (Wildman–Crippen MR) is 165 cm³/mol. The molecule has 5 rings (SSSR count). The third-order valence-electron chi connectivity index (χ3n) is 6.51. The number of benzene rings is 3. The second-order valence-corrected chi connectivity index (χ2v) is 12.8. The minimum Gasteiger partial charge on any atom is -0.392 e. The summed E-state index contributed by atoms with van der Waals surface area (Å²) in [7, 11) is -4.26. The highest BCUT2D eigenvalue weighted by molar-refractivity contribution is 7.92. The average Bonchev–Trinajstić information content (AvgIpc) is 3.33. The van der Waals surface area contributed by atoms with Gasteiger partial charge in [0.05, 0.1) is 44.3 Å². The quantitative estimate of drug-likeness (QED) is 0.171. The molecule has 2 aromatic heterocycles. The van der Waals surface area contributed by atoms with Gasteiger partial charge in [0.15, 0.2) is 5.82 Å². The van der Waals surface area contributed by atoms with Gasteiger partial charge in [-0.25, -0.2) is 22.2 Å². The first-order valence-corrected chi connectivity index (χ1v) is 15.5. The Balaban J connectivity index is 1.71. The maximum Gasteiger partial charge on any atom is 0.266 e. The third kappa shape index (κ3) is 6.19. The van der Waals surface area contributed by atoms with Crippen molar-refractivity contribution < 1.29 is 31.9 Å². The third-order valence-corrected chi connectivity index (χ3v) is 8.84. The molecule has 44 heavy (non-hydrogen) atoms. The number of nitrogens with one attached hydrogen (secondary N) is 1. The van der Waals surface area contributed by atoms with E-state index in [0.29, 0.717) is 16.1 Å². The smallest absolute Gasteiger partial charge is 0.266 e. The van der Waals surface area contributed by atoms with Gasteiger partial charge in [-0.15, -0.1) is 0 Å². The monoisotopic (exact) mass is 677 g/mol. The molecular weight excluding hydrogens is 659 g/mol. The summed E-state index contributed by atoms with van der Waals surface area (Å²) in [6, 6.07) is 14.1. The fourth-order valence-corrected chi connectivity index (χ4v) is 6.46. The van der Waals surface area contributed by atoms with Crippen molar-refractivity contribution >= 4 is 73.2 Å². The van der Waals surface area contributed by atoms with Gasteiger partial charge in [0.1, 0.15) is 11.5 Å². The number of sulfonamides is 1. The molecule has 1 atom stereocenters. The Morgan fingerprint density at radius 3 is 2.27 bits per heavy atom. The van der Waals surface area contributed by atoms with Crippen LogP contribution >= 0.6 is 34.8 Å². The first-order chi connectivity index (χ1) is 20.8. The Hall–Kier alpha value is -3.87. The van der Waals surface area contributed by atoms with Crippen LogP contribution in [0, 0.1) is 11.6 Å². The number of pyridine rings is 1. The molecule has 1 unspecified atom stereocenters. The lowest BCUT2D eigenvalue weighted by Crippen LogP contribution is -2.25. The molecule has 0 aliphatic rings. The van der Waals surface area contributed by atoms with Gasteiger partial charge in [0.2, 0.25) is 15.8 Å². The number of hydrogen-bond acceptors (Lipinski definition) is 6. The van der Waals surface area contributed by atoms with E-state index in [1.165, 1.54) is 37.4 Å². The number of aromatic nitrogens is 2. The van der Waals surface area contributed by atoms with Crippen LogP contribution in [0.5, 0.6) is 0 Å². The Morgan fingerprint density at radius 1 is 0.977 bits per heavy atom. The number of carbonyl (C=O) groups is 2. The highest BCUT2D eigenvalue weighted by Crippen LogP contribution is 2.33. The molecule has 8 nitrogen and oxygen atoms in total. The second kappa shape index (κ2) is 12.3. The number of carbonyl (C=O) groups excluding carboxylic acids is 2. The normalized spacial score (nSPS) is 12.3. The number of halogens is 5. The van der Waals surface area contributed by atoms with E-state index in [1.54, 1.807) is 24.3 Å². The Bertz CT molecular complexity index is 2050. The van der Waals surface area contributed by atoms with Gasteiger partial charge in [-0.3, -0.25) is 18.9 Å². The number of fused-ring (bicyclic) bond motifs is 1. The molecule has 3 aromatic carbocycles. The zero-order valence-electron chi connectivity index (χ0n) is 22.5. The molecule has 2 N–H and O–H groups in total. The molecule has 2 heterocycles. The predicted octanol–water partition coefficient (Wildman–Crippen LogP) is 6.98. The number of aliphatic hydroxyl groups excluding tert-OH is 1. The molecule has 0 saturated carbocycles. The first kappa shape index (κ1) is 31.6. The van der Waals surface area contributed by atoms with Crippen molar-refractivity contribution in [1.29, 1.82) is 0 Å². The Labute approximate surface area is 264 Å². The second-order valence-electron chi connectivity index (χ2n) is 9.76. The van der Waals surface area contributed by atoms with Crippen LogP contribution in [-0.4, -0.2) is 46.6 Å². The molecule has 0 bridgehead atoms. The van der Waals surface area contributed by atoms with Crippen LogP contribution in [0.2, 0.25) is 15.1 Å².